The molecule has 0 saturated heterocycles. The number of hydrogen-bond donors (Lipinski definition) is 1. The Kier molecular flexibility index (Phi) is 3.53. The third-order valence-electron chi connectivity index (χ3n) is 3.31. The normalized spacial score (nSPS) is 24.7. The third-order valence-corrected chi connectivity index (χ3v) is 3.31. The largest absolute Gasteiger partial charge is 0.481 e. The van der Waals surface area contributed by atoms with Crippen LogP contribution in [-0.4, -0.2) is 42.5 Å². The van der Waals surface area contributed by atoms with Crippen molar-refractivity contribution in [1.82, 2.24) is 10.3 Å². The van der Waals surface area contributed by atoms with Gasteiger partial charge in [-0.3, -0.25) is 9.59 Å². The molecule has 2 atom stereocenters. The molecule has 102 valence electrons. The van der Waals surface area contributed by atoms with Crippen molar-refractivity contribution < 1.29 is 19.1 Å². The monoisotopic (exact) mass is 264 g/mol. The molecular weight excluding hydrogens is 248 g/mol. The van der Waals surface area contributed by atoms with Gasteiger partial charge in [0, 0.05) is 19.6 Å². The number of amides is 1. The predicted octanol–water partition coefficient (Wildman–Crippen LogP) is 0.566. The minimum atomic E-state index is -0.906. The van der Waals surface area contributed by atoms with Crippen molar-refractivity contribution in [2.75, 3.05) is 14.2 Å². The van der Waals surface area contributed by atoms with Gasteiger partial charge in [0.1, 0.15) is 11.2 Å². The summed E-state index contributed by atoms with van der Waals surface area (Å²) in [5.74, 6) is -0.173. The summed E-state index contributed by atoms with van der Waals surface area (Å²) in [6, 6.07) is 4.88. The van der Waals surface area contributed by atoms with Gasteiger partial charge in [-0.05, 0) is 13.0 Å². The summed E-state index contributed by atoms with van der Waals surface area (Å²) >= 11 is 0. The van der Waals surface area contributed by atoms with Crippen LogP contribution in [0.3, 0.4) is 0 Å². The first-order valence-corrected chi connectivity index (χ1v) is 5.91. The van der Waals surface area contributed by atoms with E-state index >= 15 is 0 Å². The standard InChI is InChI=1S/C13H16N2O4/c1-8(16)13(7-10(13)18-2)15-12(17)9-5-4-6-11(14-9)19-3/h4-6,10H,7H2,1-3H3,(H,15,17). The first kappa shape index (κ1) is 13.5. The second-order valence-corrected chi connectivity index (χ2v) is 4.48. The molecular formula is C13H16N2O4. The molecule has 6 heteroatoms. The minimum Gasteiger partial charge on any atom is -0.481 e. The van der Waals surface area contributed by atoms with Gasteiger partial charge < -0.3 is 14.8 Å². The van der Waals surface area contributed by atoms with E-state index in [2.05, 4.69) is 10.3 Å². The molecule has 1 aromatic rings. The zero-order chi connectivity index (χ0) is 14.0. The number of ketones is 1. The number of carbonyl (C=O) groups excluding carboxylic acids is 2. The molecule has 1 amide bonds. The lowest BCUT2D eigenvalue weighted by molar-refractivity contribution is -0.120. The number of aromatic nitrogens is 1. The van der Waals surface area contributed by atoms with Crippen molar-refractivity contribution in [2.45, 2.75) is 25.0 Å². The number of rotatable bonds is 5. The SMILES string of the molecule is COc1cccc(C(=O)NC2(C(C)=O)CC2OC)n1. The van der Waals surface area contributed by atoms with Crippen LogP contribution in [0.25, 0.3) is 0 Å². The molecule has 1 aliphatic rings. The fourth-order valence-electron chi connectivity index (χ4n) is 2.03. The fraction of sp³-hybridized carbons (Fsp3) is 0.462. The highest BCUT2D eigenvalue weighted by atomic mass is 16.5. The second kappa shape index (κ2) is 4.97. The fourth-order valence-corrected chi connectivity index (χ4v) is 2.03. The molecule has 1 aliphatic carbocycles. The van der Waals surface area contributed by atoms with Crippen molar-refractivity contribution in [2.24, 2.45) is 0 Å². The number of pyridine rings is 1. The molecule has 1 aromatic heterocycles. The highest BCUT2D eigenvalue weighted by molar-refractivity contribution is 6.00. The maximum Gasteiger partial charge on any atom is 0.270 e. The summed E-state index contributed by atoms with van der Waals surface area (Å²) in [4.78, 5) is 27.8. The molecule has 0 aliphatic heterocycles. The van der Waals surface area contributed by atoms with Gasteiger partial charge in [0.15, 0.2) is 5.78 Å². The molecule has 1 fully saturated rings. The summed E-state index contributed by atoms with van der Waals surface area (Å²) in [6.07, 6.45) is 0.230. The average Bonchev–Trinajstić information content (AvgIpc) is 3.13. The highest BCUT2D eigenvalue weighted by Gasteiger charge is 2.60. The predicted molar refractivity (Wildman–Crippen MR) is 67.1 cm³/mol. The van der Waals surface area contributed by atoms with Crippen LogP contribution in [0, 0.1) is 0 Å². The smallest absolute Gasteiger partial charge is 0.270 e. The van der Waals surface area contributed by atoms with Crippen LogP contribution in [0.15, 0.2) is 18.2 Å². The van der Waals surface area contributed by atoms with E-state index in [0.29, 0.717) is 12.3 Å². The molecule has 0 aromatic carbocycles. The molecule has 0 radical (unpaired) electrons. The topological polar surface area (TPSA) is 77.5 Å². The van der Waals surface area contributed by atoms with Gasteiger partial charge in [0.2, 0.25) is 5.88 Å². The number of hydrogen-bond acceptors (Lipinski definition) is 5. The van der Waals surface area contributed by atoms with Gasteiger partial charge in [-0.2, -0.15) is 0 Å². The molecule has 1 heterocycles. The maximum atomic E-state index is 12.1. The Labute approximate surface area is 111 Å². The Morgan fingerprint density at radius 2 is 2.16 bits per heavy atom. The lowest BCUT2D eigenvalue weighted by Gasteiger charge is -2.15. The Hall–Kier alpha value is -1.95. The van der Waals surface area contributed by atoms with Crippen LogP contribution in [0.1, 0.15) is 23.8 Å². The number of nitrogens with one attached hydrogen (secondary N) is 1. The summed E-state index contributed by atoms with van der Waals surface area (Å²) in [6.45, 7) is 1.44. The number of ether oxygens (including phenoxy) is 2. The van der Waals surface area contributed by atoms with Crippen LogP contribution in [0.5, 0.6) is 5.88 Å². The third kappa shape index (κ3) is 2.44. The highest BCUT2D eigenvalue weighted by Crippen LogP contribution is 2.39. The molecule has 0 bridgehead atoms. The first-order valence-electron chi connectivity index (χ1n) is 5.91. The first-order chi connectivity index (χ1) is 9.03. The van der Waals surface area contributed by atoms with Crippen molar-refractivity contribution >= 4 is 11.7 Å². The Morgan fingerprint density at radius 1 is 1.42 bits per heavy atom. The van der Waals surface area contributed by atoms with E-state index in [1.165, 1.54) is 21.1 Å². The summed E-state index contributed by atoms with van der Waals surface area (Å²) in [7, 11) is 2.99. The number of nitrogens with zero attached hydrogens (tertiary/aromatic N) is 1. The van der Waals surface area contributed by atoms with Crippen LogP contribution in [-0.2, 0) is 9.53 Å². The summed E-state index contributed by atoms with van der Waals surface area (Å²) in [5, 5.41) is 2.70. The van der Waals surface area contributed by atoms with Crippen LogP contribution < -0.4 is 10.1 Å². The molecule has 1 N–H and O–H groups in total. The van der Waals surface area contributed by atoms with Crippen molar-refractivity contribution in [3.8, 4) is 5.88 Å². The Balaban J connectivity index is 2.14. The quantitative estimate of drug-likeness (QED) is 0.841. The van der Waals surface area contributed by atoms with E-state index < -0.39 is 11.4 Å². The zero-order valence-corrected chi connectivity index (χ0v) is 11.1. The molecule has 1 saturated carbocycles. The van der Waals surface area contributed by atoms with E-state index in [9.17, 15) is 9.59 Å². The van der Waals surface area contributed by atoms with Gasteiger partial charge in [0.25, 0.3) is 5.91 Å². The number of Topliss-reactive ketones (excluding diaryl/α,β-unsaturated/α-hetero) is 1. The number of methoxy groups -OCH3 is 2. The average molecular weight is 264 g/mol. The van der Waals surface area contributed by atoms with E-state index in [4.69, 9.17) is 9.47 Å². The molecule has 0 spiro atoms. The summed E-state index contributed by atoms with van der Waals surface area (Å²) in [5.41, 5.74) is -0.696. The maximum absolute atomic E-state index is 12.1. The van der Waals surface area contributed by atoms with Crippen molar-refractivity contribution in [3.05, 3.63) is 23.9 Å². The molecule has 6 nitrogen and oxygen atoms in total. The lowest BCUT2D eigenvalue weighted by atomic mass is 10.1. The van der Waals surface area contributed by atoms with E-state index in [1.807, 2.05) is 0 Å². The molecule has 2 rings (SSSR count). The molecule has 2 unspecified atom stereocenters. The van der Waals surface area contributed by atoms with Crippen LogP contribution in [0.2, 0.25) is 0 Å². The van der Waals surface area contributed by atoms with Crippen LogP contribution in [0.4, 0.5) is 0 Å². The van der Waals surface area contributed by atoms with Crippen LogP contribution >= 0.6 is 0 Å². The van der Waals surface area contributed by atoms with Gasteiger partial charge in [-0.15, -0.1) is 0 Å². The summed E-state index contributed by atoms with van der Waals surface area (Å²) < 4.78 is 10.1. The second-order valence-electron chi connectivity index (χ2n) is 4.48. The van der Waals surface area contributed by atoms with Crippen molar-refractivity contribution in [1.29, 1.82) is 0 Å². The zero-order valence-electron chi connectivity index (χ0n) is 11.1. The minimum absolute atomic E-state index is 0.115. The molecule has 19 heavy (non-hydrogen) atoms. The number of carbonyl (C=O) groups is 2. The van der Waals surface area contributed by atoms with Gasteiger partial charge in [-0.25, -0.2) is 4.98 Å². The van der Waals surface area contributed by atoms with E-state index in [1.54, 1.807) is 18.2 Å². The van der Waals surface area contributed by atoms with Crippen molar-refractivity contribution in [3.63, 3.8) is 0 Å². The van der Waals surface area contributed by atoms with Gasteiger partial charge in [0.05, 0.1) is 13.2 Å². The lowest BCUT2D eigenvalue weighted by Crippen LogP contribution is -2.45. The van der Waals surface area contributed by atoms with Gasteiger partial charge >= 0.3 is 0 Å². The Morgan fingerprint density at radius 3 is 2.68 bits per heavy atom. The van der Waals surface area contributed by atoms with E-state index in [-0.39, 0.29) is 17.6 Å². The van der Waals surface area contributed by atoms with Gasteiger partial charge in [-0.1, -0.05) is 6.07 Å². The Bertz CT molecular complexity index is 517. The van der Waals surface area contributed by atoms with E-state index in [0.717, 1.165) is 0 Å².